The maximum Gasteiger partial charge on any atom is 0.433 e. The van der Waals surface area contributed by atoms with Crippen molar-refractivity contribution >= 4 is 27.1 Å². The number of anilines is 1. The lowest BCUT2D eigenvalue weighted by atomic mass is 9.91. The molecule has 1 saturated carbocycles. The molecule has 1 atom stereocenters. The molecule has 1 fully saturated rings. The Balaban J connectivity index is 2.44. The number of halogens is 4. The van der Waals surface area contributed by atoms with Gasteiger partial charge in [-0.3, -0.25) is 0 Å². The van der Waals surface area contributed by atoms with E-state index in [4.69, 9.17) is 21.8 Å². The third-order valence-corrected chi connectivity index (χ3v) is 4.45. The van der Waals surface area contributed by atoms with Crippen molar-refractivity contribution in [2.75, 3.05) is 5.73 Å². The van der Waals surface area contributed by atoms with Gasteiger partial charge >= 0.3 is 15.9 Å². The number of benzene rings is 1. The highest BCUT2D eigenvalue weighted by atomic mass is 35.5. The Morgan fingerprint density at radius 2 is 2.00 bits per heavy atom. The molecule has 0 heterocycles. The van der Waals surface area contributed by atoms with Gasteiger partial charge in [0.25, 0.3) is 0 Å². The lowest BCUT2D eigenvalue weighted by Gasteiger charge is -2.27. The molecular formula is C16H17ClF3NO2Si. The minimum absolute atomic E-state index is 0.0525. The van der Waals surface area contributed by atoms with E-state index in [0.717, 1.165) is 18.9 Å². The topological polar surface area (TPSA) is 55.5 Å². The average molecular weight is 376 g/mol. The molecule has 1 aliphatic carbocycles. The second-order valence-electron chi connectivity index (χ2n) is 6.00. The Morgan fingerprint density at radius 1 is 1.38 bits per heavy atom. The summed E-state index contributed by atoms with van der Waals surface area (Å²) in [5, 5.41) is 10.2. The van der Waals surface area contributed by atoms with Crippen LogP contribution in [0.15, 0.2) is 12.1 Å². The molecule has 0 aliphatic heterocycles. The summed E-state index contributed by atoms with van der Waals surface area (Å²) < 4.78 is 45.8. The Morgan fingerprint density at radius 3 is 2.50 bits per heavy atom. The zero-order valence-corrected chi connectivity index (χ0v) is 14.9. The molecule has 0 saturated heterocycles. The van der Waals surface area contributed by atoms with Gasteiger partial charge in [0.1, 0.15) is 5.75 Å². The fourth-order valence-corrected chi connectivity index (χ4v) is 2.67. The van der Waals surface area contributed by atoms with Crippen LogP contribution in [-0.4, -0.2) is 21.0 Å². The zero-order valence-electron chi connectivity index (χ0n) is 13.2. The maximum atomic E-state index is 13.4. The number of rotatable bonds is 4. The van der Waals surface area contributed by atoms with Crippen molar-refractivity contribution in [3.05, 3.63) is 22.7 Å². The molecule has 2 rings (SSSR count). The largest absolute Gasteiger partial charge is 0.540 e. The smallest absolute Gasteiger partial charge is 0.433 e. The van der Waals surface area contributed by atoms with E-state index < -0.39 is 17.3 Å². The summed E-state index contributed by atoms with van der Waals surface area (Å²) >= 11 is 6.01. The lowest BCUT2D eigenvalue weighted by molar-refractivity contribution is -0.240. The Kier molecular flexibility index (Phi) is 5.43. The van der Waals surface area contributed by atoms with Crippen molar-refractivity contribution in [3.63, 3.8) is 0 Å². The molecule has 1 aromatic carbocycles. The molecule has 8 heteroatoms. The summed E-state index contributed by atoms with van der Waals surface area (Å²) in [5.74, 6) is 4.49. The standard InChI is InChI=1S/C16H17ClF3NO2Si/c1-9(2)24-23-14-8-13(21)11(7-12(14)17)15(22,16(18,19)20)6-5-10-3-4-10/h7-10,22H,3-4,21H2,1-2H3. The molecule has 24 heavy (non-hydrogen) atoms. The summed E-state index contributed by atoms with van der Waals surface area (Å²) in [6.45, 7) is 3.86. The first-order chi connectivity index (χ1) is 11.0. The van der Waals surface area contributed by atoms with Crippen molar-refractivity contribution in [2.45, 2.75) is 44.0 Å². The van der Waals surface area contributed by atoms with Crippen LogP contribution in [0, 0.1) is 17.8 Å². The second kappa shape index (κ2) is 6.87. The maximum absolute atomic E-state index is 13.4. The van der Waals surface area contributed by atoms with Crippen LogP contribution in [0.5, 0.6) is 5.75 Å². The SMILES string of the molecule is CC(C)[Si]Oc1cc(N)c(C(O)(C#CC2CC2)C(F)(F)F)cc1Cl. The summed E-state index contributed by atoms with van der Waals surface area (Å²) in [5.41, 5.74) is 1.77. The van der Waals surface area contributed by atoms with E-state index in [1.807, 2.05) is 19.8 Å². The molecule has 0 amide bonds. The number of hydrogen-bond donors (Lipinski definition) is 2. The highest BCUT2D eigenvalue weighted by Crippen LogP contribution is 2.44. The summed E-state index contributed by atoms with van der Waals surface area (Å²) in [6.07, 6.45) is -3.53. The van der Waals surface area contributed by atoms with E-state index in [9.17, 15) is 18.3 Å². The summed E-state index contributed by atoms with van der Waals surface area (Å²) in [7, 11) is 0.0838. The zero-order chi connectivity index (χ0) is 18.1. The molecule has 0 bridgehead atoms. The van der Waals surface area contributed by atoms with Gasteiger partial charge in [0, 0.05) is 23.2 Å². The number of nitrogens with two attached hydrogens (primary N) is 1. The van der Waals surface area contributed by atoms with Crippen LogP contribution in [0.4, 0.5) is 18.9 Å². The van der Waals surface area contributed by atoms with Gasteiger partial charge in [0.15, 0.2) is 0 Å². The van der Waals surface area contributed by atoms with Crippen LogP contribution >= 0.6 is 11.6 Å². The molecule has 1 aromatic rings. The van der Waals surface area contributed by atoms with Crippen molar-refractivity contribution < 1.29 is 22.7 Å². The molecule has 0 spiro atoms. The molecule has 1 aliphatic rings. The van der Waals surface area contributed by atoms with Crippen LogP contribution in [0.2, 0.25) is 10.6 Å². The third kappa shape index (κ3) is 4.18. The molecule has 3 nitrogen and oxygen atoms in total. The third-order valence-electron chi connectivity index (χ3n) is 3.34. The van der Waals surface area contributed by atoms with E-state index in [1.54, 1.807) is 0 Å². The van der Waals surface area contributed by atoms with Gasteiger partial charge in [-0.05, 0) is 24.4 Å². The monoisotopic (exact) mass is 375 g/mol. The highest BCUT2D eigenvalue weighted by molar-refractivity contribution is 6.34. The first kappa shape index (κ1) is 19.0. The van der Waals surface area contributed by atoms with E-state index >= 15 is 0 Å². The van der Waals surface area contributed by atoms with Crippen LogP contribution < -0.4 is 10.2 Å². The summed E-state index contributed by atoms with van der Waals surface area (Å²) in [4.78, 5) is 0. The number of aliphatic hydroxyl groups is 1. The van der Waals surface area contributed by atoms with Crippen LogP contribution in [0.25, 0.3) is 0 Å². The quantitative estimate of drug-likeness (QED) is 0.476. The van der Waals surface area contributed by atoms with Gasteiger partial charge in [-0.25, -0.2) is 0 Å². The molecule has 3 N–H and O–H groups in total. The second-order valence-corrected chi connectivity index (χ2v) is 8.00. The Bertz CT molecular complexity index is 680. The van der Waals surface area contributed by atoms with Crippen LogP contribution in [-0.2, 0) is 5.60 Å². The molecular weight excluding hydrogens is 359 g/mol. The molecule has 0 aromatic heterocycles. The minimum Gasteiger partial charge on any atom is -0.540 e. The fraction of sp³-hybridized carbons (Fsp3) is 0.500. The van der Waals surface area contributed by atoms with Crippen LogP contribution in [0.3, 0.4) is 0 Å². The van der Waals surface area contributed by atoms with E-state index in [0.29, 0.717) is 0 Å². The van der Waals surface area contributed by atoms with Gasteiger partial charge in [-0.1, -0.05) is 37.3 Å². The van der Waals surface area contributed by atoms with Crippen molar-refractivity contribution in [3.8, 4) is 17.6 Å². The first-order valence-corrected chi connectivity index (χ1v) is 8.74. The molecule has 130 valence electrons. The van der Waals surface area contributed by atoms with Gasteiger partial charge in [-0.15, -0.1) is 0 Å². The fourth-order valence-electron chi connectivity index (χ4n) is 1.87. The summed E-state index contributed by atoms with van der Waals surface area (Å²) in [6, 6.07) is 2.18. The highest BCUT2D eigenvalue weighted by Gasteiger charge is 2.55. The minimum atomic E-state index is -5.01. The van der Waals surface area contributed by atoms with Crippen LogP contribution in [0.1, 0.15) is 32.3 Å². The number of alkyl halides is 3. The van der Waals surface area contributed by atoms with E-state index in [-0.39, 0.29) is 37.7 Å². The predicted octanol–water partition coefficient (Wildman–Crippen LogP) is 3.91. The van der Waals surface area contributed by atoms with Crippen molar-refractivity contribution in [2.24, 2.45) is 5.92 Å². The average Bonchev–Trinajstić information content (AvgIpc) is 3.28. The number of nitrogen functional groups attached to an aromatic ring is 1. The Labute approximate surface area is 146 Å². The predicted molar refractivity (Wildman–Crippen MR) is 87.8 cm³/mol. The van der Waals surface area contributed by atoms with Gasteiger partial charge in [-0.2, -0.15) is 13.2 Å². The van der Waals surface area contributed by atoms with Gasteiger partial charge in [0.05, 0.1) is 5.02 Å². The van der Waals surface area contributed by atoms with Gasteiger partial charge < -0.3 is 15.3 Å². The Hall–Kier alpha value is -1.36. The lowest BCUT2D eigenvalue weighted by Crippen LogP contribution is -2.41. The van der Waals surface area contributed by atoms with Gasteiger partial charge in [0.2, 0.25) is 5.60 Å². The first-order valence-electron chi connectivity index (χ1n) is 7.38. The van der Waals surface area contributed by atoms with E-state index in [1.165, 1.54) is 6.07 Å². The van der Waals surface area contributed by atoms with Crippen molar-refractivity contribution in [1.29, 1.82) is 0 Å². The molecule has 2 radical (unpaired) electrons. The number of hydrogen-bond acceptors (Lipinski definition) is 3. The van der Waals surface area contributed by atoms with E-state index in [2.05, 4.69) is 5.92 Å². The normalized spacial score (nSPS) is 17.2. The molecule has 1 unspecified atom stereocenters. The van der Waals surface area contributed by atoms with Crippen molar-refractivity contribution in [1.82, 2.24) is 0 Å².